The topological polar surface area (TPSA) is 66.8 Å². The summed E-state index contributed by atoms with van der Waals surface area (Å²) in [5.41, 5.74) is 1.48. The van der Waals surface area contributed by atoms with Crippen LogP contribution < -0.4 is 0 Å². The molecule has 0 radical (unpaired) electrons. The number of carbonyl (C=O) groups excluding carboxylic acids is 1. The first-order valence-electron chi connectivity index (χ1n) is 15.1. The molecule has 1 aromatic rings. The highest BCUT2D eigenvalue weighted by atomic mass is 16.6. The van der Waals surface area contributed by atoms with Gasteiger partial charge in [-0.15, -0.1) is 0 Å². The summed E-state index contributed by atoms with van der Waals surface area (Å²) >= 11 is 0. The predicted octanol–water partition coefficient (Wildman–Crippen LogP) is 7.44. The first-order valence-corrected chi connectivity index (χ1v) is 15.1. The fourth-order valence-electron chi connectivity index (χ4n) is 9.00. The van der Waals surface area contributed by atoms with Crippen LogP contribution in [0.5, 0.6) is 5.75 Å². The summed E-state index contributed by atoms with van der Waals surface area (Å²) < 4.78 is 5.69. The highest BCUT2D eigenvalue weighted by Crippen LogP contribution is 2.68. The SMILES string of the molecule is CCCCCCCCCCCC[C@H]1C[C@@]2(C)[C@@H](C[C@H]3OC(=O)C[C@]32O)[C@@H]2CCc3cc(O)ccc3[C@@H]12. The van der Waals surface area contributed by atoms with Gasteiger partial charge >= 0.3 is 5.97 Å². The van der Waals surface area contributed by atoms with Crippen LogP contribution in [0.2, 0.25) is 0 Å². The van der Waals surface area contributed by atoms with Crippen molar-refractivity contribution < 1.29 is 19.7 Å². The van der Waals surface area contributed by atoms with Crippen LogP contribution in [0.3, 0.4) is 0 Å². The molecule has 4 aliphatic rings. The minimum Gasteiger partial charge on any atom is -0.508 e. The van der Waals surface area contributed by atoms with Gasteiger partial charge in [-0.25, -0.2) is 0 Å². The smallest absolute Gasteiger partial charge is 0.309 e. The van der Waals surface area contributed by atoms with Crippen molar-refractivity contribution in [2.75, 3.05) is 0 Å². The van der Waals surface area contributed by atoms with Gasteiger partial charge in [0.25, 0.3) is 0 Å². The summed E-state index contributed by atoms with van der Waals surface area (Å²) in [6.45, 7) is 4.55. The molecule has 0 bridgehead atoms. The lowest BCUT2D eigenvalue weighted by Crippen LogP contribution is -2.54. The Bertz CT molecular complexity index is 927. The maximum absolute atomic E-state index is 12.2. The number of benzene rings is 1. The third-order valence-electron chi connectivity index (χ3n) is 10.8. The van der Waals surface area contributed by atoms with Crippen molar-refractivity contribution in [1.82, 2.24) is 0 Å². The zero-order valence-electron chi connectivity index (χ0n) is 22.6. The summed E-state index contributed by atoms with van der Waals surface area (Å²) in [4.78, 5) is 12.2. The number of ether oxygens (including phenoxy) is 1. The largest absolute Gasteiger partial charge is 0.508 e. The van der Waals surface area contributed by atoms with Gasteiger partial charge in [-0.2, -0.15) is 0 Å². The Morgan fingerprint density at radius 2 is 1.72 bits per heavy atom. The van der Waals surface area contributed by atoms with Crippen LogP contribution in [-0.4, -0.2) is 27.9 Å². The Labute approximate surface area is 218 Å². The highest BCUT2D eigenvalue weighted by molar-refractivity contribution is 5.74. The molecule has 1 heterocycles. The normalized spacial score (nSPS) is 36.6. The maximum atomic E-state index is 12.2. The molecule has 4 nitrogen and oxygen atoms in total. The number of hydrogen-bond acceptors (Lipinski definition) is 4. The van der Waals surface area contributed by atoms with E-state index in [2.05, 4.69) is 19.9 Å². The van der Waals surface area contributed by atoms with Gasteiger partial charge in [0.15, 0.2) is 0 Å². The first-order chi connectivity index (χ1) is 17.4. The highest BCUT2D eigenvalue weighted by Gasteiger charge is 2.71. The molecular formula is C32H48O4. The van der Waals surface area contributed by atoms with Crippen LogP contribution >= 0.6 is 0 Å². The van der Waals surface area contributed by atoms with Gasteiger partial charge in [0.2, 0.25) is 0 Å². The molecule has 0 amide bonds. The molecule has 0 unspecified atom stereocenters. The van der Waals surface area contributed by atoms with E-state index < -0.39 is 5.60 Å². The molecule has 1 aromatic carbocycles. The van der Waals surface area contributed by atoms with Crippen molar-refractivity contribution in [2.24, 2.45) is 23.2 Å². The van der Waals surface area contributed by atoms with Crippen LogP contribution in [0.25, 0.3) is 0 Å². The minimum absolute atomic E-state index is 0.164. The zero-order valence-corrected chi connectivity index (χ0v) is 22.6. The second kappa shape index (κ2) is 10.7. The summed E-state index contributed by atoms with van der Waals surface area (Å²) in [5, 5.41) is 22.0. The molecule has 4 heteroatoms. The molecule has 3 aliphatic carbocycles. The number of esters is 1. The molecule has 36 heavy (non-hydrogen) atoms. The van der Waals surface area contributed by atoms with E-state index in [9.17, 15) is 15.0 Å². The van der Waals surface area contributed by atoms with E-state index in [1.165, 1.54) is 81.8 Å². The van der Waals surface area contributed by atoms with Gasteiger partial charge in [-0.3, -0.25) is 4.79 Å². The van der Waals surface area contributed by atoms with E-state index >= 15 is 0 Å². The number of phenolic OH excluding ortho intramolecular Hbond substituents is 1. The number of phenols is 1. The van der Waals surface area contributed by atoms with E-state index in [4.69, 9.17) is 4.74 Å². The number of aliphatic hydroxyl groups is 1. The van der Waals surface area contributed by atoms with Gasteiger partial charge in [0.1, 0.15) is 17.5 Å². The lowest BCUT2D eigenvalue weighted by Gasteiger charge is -2.56. The zero-order chi connectivity index (χ0) is 25.3. The molecule has 0 aromatic heterocycles. The number of aryl methyl sites for hydroxylation is 1. The fraction of sp³-hybridized carbons (Fsp3) is 0.781. The van der Waals surface area contributed by atoms with E-state index in [0.717, 1.165) is 25.7 Å². The van der Waals surface area contributed by atoms with Crippen LogP contribution in [0.4, 0.5) is 0 Å². The van der Waals surface area contributed by atoms with Gasteiger partial charge in [-0.05, 0) is 79.0 Å². The quantitative estimate of drug-likeness (QED) is 0.247. The third-order valence-corrected chi connectivity index (χ3v) is 10.8. The molecule has 2 N–H and O–H groups in total. The summed E-state index contributed by atoms with van der Waals surface area (Å²) in [6.07, 6.45) is 18.3. The number of fused-ring (bicyclic) bond motifs is 7. The number of unbranched alkanes of at least 4 members (excludes halogenated alkanes) is 9. The van der Waals surface area contributed by atoms with Crippen molar-refractivity contribution in [1.29, 1.82) is 0 Å². The number of aromatic hydroxyl groups is 1. The number of rotatable bonds is 11. The number of carbonyl (C=O) groups is 1. The van der Waals surface area contributed by atoms with Crippen molar-refractivity contribution in [3.63, 3.8) is 0 Å². The summed E-state index contributed by atoms with van der Waals surface area (Å²) in [5.74, 6) is 2.05. The maximum Gasteiger partial charge on any atom is 0.309 e. The summed E-state index contributed by atoms with van der Waals surface area (Å²) in [6, 6.07) is 6.03. The Hall–Kier alpha value is -1.55. The standard InChI is InChI=1S/C32H48O4/c1-3-4-5-6-7-8-9-10-11-12-13-23-20-31(2)27(19-28-32(31,35)21-29(34)36-28)26-16-14-22-18-24(33)15-17-25(22)30(23)26/h15,17-18,23,26-28,30,33,35H,3-14,16,19-21H2,1-2H3/t23-,26-,27-,28+,30+,31-,32-/m0/s1. The van der Waals surface area contributed by atoms with Crippen molar-refractivity contribution in [3.8, 4) is 5.75 Å². The van der Waals surface area contributed by atoms with Gasteiger partial charge < -0.3 is 14.9 Å². The van der Waals surface area contributed by atoms with Crippen molar-refractivity contribution in [3.05, 3.63) is 29.3 Å². The van der Waals surface area contributed by atoms with E-state index in [-0.39, 0.29) is 23.9 Å². The van der Waals surface area contributed by atoms with E-state index in [1.54, 1.807) is 0 Å². The second-order valence-corrected chi connectivity index (χ2v) is 12.9. The Balaban J connectivity index is 1.27. The van der Waals surface area contributed by atoms with Crippen LogP contribution in [0.15, 0.2) is 18.2 Å². The molecule has 2 saturated carbocycles. The van der Waals surface area contributed by atoms with Crippen LogP contribution in [-0.2, 0) is 16.0 Å². The van der Waals surface area contributed by atoms with E-state index in [0.29, 0.717) is 29.4 Å². The van der Waals surface area contributed by atoms with Gasteiger partial charge in [0.05, 0.1) is 6.42 Å². The number of hydrogen-bond donors (Lipinski definition) is 2. The summed E-state index contributed by atoms with van der Waals surface area (Å²) in [7, 11) is 0. The molecule has 1 saturated heterocycles. The lowest BCUT2D eigenvalue weighted by atomic mass is 9.49. The predicted molar refractivity (Wildman–Crippen MR) is 143 cm³/mol. The van der Waals surface area contributed by atoms with Gasteiger partial charge in [-0.1, -0.05) is 84.1 Å². The molecule has 1 aliphatic heterocycles. The average molecular weight is 497 g/mol. The van der Waals surface area contributed by atoms with Gasteiger partial charge in [0, 0.05) is 5.41 Å². The fourth-order valence-corrected chi connectivity index (χ4v) is 9.00. The molecule has 0 spiro atoms. The Morgan fingerprint density at radius 1 is 1.03 bits per heavy atom. The molecule has 200 valence electrons. The minimum atomic E-state index is -1.01. The third kappa shape index (κ3) is 4.61. The molecule has 3 fully saturated rings. The van der Waals surface area contributed by atoms with E-state index in [1.807, 2.05) is 12.1 Å². The molecule has 7 atom stereocenters. The Kier molecular flexibility index (Phi) is 7.73. The second-order valence-electron chi connectivity index (χ2n) is 12.9. The monoisotopic (exact) mass is 496 g/mol. The van der Waals surface area contributed by atoms with Crippen molar-refractivity contribution in [2.45, 2.75) is 134 Å². The van der Waals surface area contributed by atoms with Crippen molar-refractivity contribution >= 4 is 5.97 Å². The molecular weight excluding hydrogens is 448 g/mol. The van der Waals surface area contributed by atoms with Crippen LogP contribution in [0, 0.1) is 23.2 Å². The Morgan fingerprint density at radius 3 is 2.44 bits per heavy atom. The van der Waals surface area contributed by atoms with Crippen LogP contribution in [0.1, 0.15) is 127 Å². The lowest BCUT2D eigenvalue weighted by molar-refractivity contribution is -0.142. The molecule has 5 rings (SSSR count). The average Bonchev–Trinajstić information content (AvgIpc) is 3.26. The first kappa shape index (κ1) is 26.1.